The van der Waals surface area contributed by atoms with Gasteiger partial charge in [0.05, 0.1) is 0 Å². The maximum absolute atomic E-state index is 5.88. The Labute approximate surface area is 121 Å². The standard InChI is InChI=1S/C13H15ClN4S/c14-11-6-4-10(5-7-11)12-15-16-13(19-12)17-18-8-2-1-3-9-18/h4-7H,1-3,8-9H2,(H,16,17). The predicted octanol–water partition coefficient (Wildman–Crippen LogP) is 3.67. The van der Waals surface area contributed by atoms with Crippen LogP contribution in [0.3, 0.4) is 0 Å². The molecule has 0 saturated carbocycles. The van der Waals surface area contributed by atoms with Crippen LogP contribution in [0.25, 0.3) is 10.6 Å². The molecule has 0 bridgehead atoms. The molecule has 1 fully saturated rings. The van der Waals surface area contributed by atoms with Crippen LogP contribution in [0, 0.1) is 0 Å². The second-order valence-electron chi connectivity index (χ2n) is 4.58. The molecule has 6 heteroatoms. The molecule has 1 saturated heterocycles. The molecule has 1 aliphatic heterocycles. The second-order valence-corrected chi connectivity index (χ2v) is 5.99. The highest BCUT2D eigenvalue weighted by atomic mass is 35.5. The van der Waals surface area contributed by atoms with Gasteiger partial charge in [0, 0.05) is 23.7 Å². The van der Waals surface area contributed by atoms with Crippen LogP contribution >= 0.6 is 22.9 Å². The summed E-state index contributed by atoms with van der Waals surface area (Å²) in [5.41, 5.74) is 4.38. The van der Waals surface area contributed by atoms with E-state index < -0.39 is 0 Å². The molecular formula is C13H15ClN4S. The first kappa shape index (κ1) is 12.8. The van der Waals surface area contributed by atoms with E-state index in [-0.39, 0.29) is 0 Å². The van der Waals surface area contributed by atoms with Crippen molar-refractivity contribution in [1.29, 1.82) is 0 Å². The van der Waals surface area contributed by atoms with Crippen molar-refractivity contribution in [3.8, 4) is 10.6 Å². The van der Waals surface area contributed by atoms with Gasteiger partial charge in [-0.05, 0) is 25.0 Å². The molecule has 2 aromatic rings. The van der Waals surface area contributed by atoms with Gasteiger partial charge < -0.3 is 0 Å². The Morgan fingerprint density at radius 1 is 1.05 bits per heavy atom. The number of hydrogen-bond acceptors (Lipinski definition) is 5. The summed E-state index contributed by atoms with van der Waals surface area (Å²) in [4.78, 5) is 0. The minimum absolute atomic E-state index is 0.736. The number of hydrazine groups is 1. The lowest BCUT2D eigenvalue weighted by Crippen LogP contribution is -2.34. The molecule has 1 aromatic heterocycles. The summed E-state index contributed by atoms with van der Waals surface area (Å²) < 4.78 is 0. The van der Waals surface area contributed by atoms with E-state index in [4.69, 9.17) is 11.6 Å². The monoisotopic (exact) mass is 294 g/mol. The lowest BCUT2D eigenvalue weighted by Gasteiger charge is -2.26. The Bertz CT molecular complexity index is 534. The number of rotatable bonds is 3. The normalized spacial score (nSPS) is 16.5. The molecule has 0 amide bonds. The lowest BCUT2D eigenvalue weighted by molar-refractivity contribution is 0.273. The van der Waals surface area contributed by atoms with Crippen LogP contribution in [-0.4, -0.2) is 28.3 Å². The highest BCUT2D eigenvalue weighted by Crippen LogP contribution is 2.27. The second kappa shape index (κ2) is 5.86. The number of nitrogens with zero attached hydrogens (tertiary/aromatic N) is 3. The van der Waals surface area contributed by atoms with Crippen LogP contribution in [0.2, 0.25) is 5.02 Å². The smallest absolute Gasteiger partial charge is 0.220 e. The van der Waals surface area contributed by atoms with Gasteiger partial charge in [-0.15, -0.1) is 10.2 Å². The largest absolute Gasteiger partial charge is 0.293 e. The van der Waals surface area contributed by atoms with Gasteiger partial charge in [-0.3, -0.25) is 5.43 Å². The van der Waals surface area contributed by atoms with E-state index >= 15 is 0 Å². The van der Waals surface area contributed by atoms with Gasteiger partial charge in [0.25, 0.3) is 0 Å². The van der Waals surface area contributed by atoms with E-state index in [0.29, 0.717) is 0 Å². The molecule has 1 aromatic carbocycles. The highest BCUT2D eigenvalue weighted by molar-refractivity contribution is 7.18. The van der Waals surface area contributed by atoms with E-state index in [2.05, 4.69) is 20.6 Å². The van der Waals surface area contributed by atoms with Gasteiger partial charge in [-0.2, -0.15) is 0 Å². The SMILES string of the molecule is Clc1ccc(-c2nnc(NN3CCCCC3)s2)cc1. The average Bonchev–Trinajstić information content (AvgIpc) is 2.89. The minimum Gasteiger partial charge on any atom is -0.293 e. The molecule has 0 aliphatic carbocycles. The van der Waals surface area contributed by atoms with E-state index in [1.54, 1.807) is 11.3 Å². The molecule has 0 spiro atoms. The first-order valence-corrected chi connectivity index (χ1v) is 7.62. The summed E-state index contributed by atoms with van der Waals surface area (Å²) in [5.74, 6) is 0. The number of aromatic nitrogens is 2. The lowest BCUT2D eigenvalue weighted by atomic mass is 10.2. The van der Waals surface area contributed by atoms with Crippen molar-refractivity contribution >= 4 is 28.1 Å². The van der Waals surface area contributed by atoms with Crippen LogP contribution in [0.5, 0.6) is 0 Å². The van der Waals surface area contributed by atoms with E-state index in [1.807, 2.05) is 24.3 Å². The molecule has 100 valence electrons. The number of hydrogen-bond donors (Lipinski definition) is 1. The minimum atomic E-state index is 0.736. The summed E-state index contributed by atoms with van der Waals surface area (Å²) in [6, 6.07) is 7.67. The first-order chi connectivity index (χ1) is 9.31. The zero-order chi connectivity index (χ0) is 13.1. The van der Waals surface area contributed by atoms with Crippen LogP contribution in [0.15, 0.2) is 24.3 Å². The Balaban J connectivity index is 1.70. The summed E-state index contributed by atoms with van der Waals surface area (Å²) >= 11 is 7.45. The molecule has 4 nitrogen and oxygen atoms in total. The van der Waals surface area contributed by atoms with Crippen LogP contribution in [0.4, 0.5) is 5.13 Å². The molecule has 3 rings (SSSR count). The Hall–Kier alpha value is -1.17. The fraction of sp³-hybridized carbons (Fsp3) is 0.385. The molecule has 19 heavy (non-hydrogen) atoms. The van der Waals surface area contributed by atoms with Crippen molar-refractivity contribution in [3.63, 3.8) is 0 Å². The van der Waals surface area contributed by atoms with Gasteiger partial charge in [0.1, 0.15) is 5.01 Å². The van der Waals surface area contributed by atoms with Crippen molar-refractivity contribution in [2.24, 2.45) is 0 Å². The number of anilines is 1. The van der Waals surface area contributed by atoms with Gasteiger partial charge >= 0.3 is 0 Å². The molecule has 1 N–H and O–H groups in total. The van der Waals surface area contributed by atoms with Crippen molar-refractivity contribution in [3.05, 3.63) is 29.3 Å². The number of benzene rings is 1. The topological polar surface area (TPSA) is 41.1 Å². The average molecular weight is 295 g/mol. The fourth-order valence-electron chi connectivity index (χ4n) is 2.12. The first-order valence-electron chi connectivity index (χ1n) is 6.42. The molecule has 0 atom stereocenters. The van der Waals surface area contributed by atoms with Crippen LogP contribution < -0.4 is 5.43 Å². The zero-order valence-corrected chi connectivity index (χ0v) is 12.0. The third kappa shape index (κ3) is 3.23. The molecule has 0 radical (unpaired) electrons. The summed E-state index contributed by atoms with van der Waals surface area (Å²) in [5, 5.41) is 13.1. The van der Waals surface area contributed by atoms with Gasteiger partial charge in [-0.25, -0.2) is 5.01 Å². The number of halogens is 1. The van der Waals surface area contributed by atoms with Crippen molar-refractivity contribution in [1.82, 2.24) is 15.2 Å². The fourth-order valence-corrected chi connectivity index (χ4v) is 3.02. The van der Waals surface area contributed by atoms with E-state index in [9.17, 15) is 0 Å². The van der Waals surface area contributed by atoms with Crippen LogP contribution in [0.1, 0.15) is 19.3 Å². The maximum atomic E-state index is 5.88. The summed E-state index contributed by atoms with van der Waals surface area (Å²) in [7, 11) is 0. The predicted molar refractivity (Wildman–Crippen MR) is 79.4 cm³/mol. The van der Waals surface area contributed by atoms with Gasteiger partial charge in [0.2, 0.25) is 5.13 Å². The van der Waals surface area contributed by atoms with Crippen LogP contribution in [-0.2, 0) is 0 Å². The molecule has 2 heterocycles. The summed E-state index contributed by atoms with van der Waals surface area (Å²) in [6.07, 6.45) is 3.82. The zero-order valence-electron chi connectivity index (χ0n) is 10.5. The Kier molecular flexibility index (Phi) is 3.96. The number of piperidine rings is 1. The molecule has 1 aliphatic rings. The number of nitrogens with one attached hydrogen (secondary N) is 1. The molecular weight excluding hydrogens is 280 g/mol. The quantitative estimate of drug-likeness (QED) is 0.938. The van der Waals surface area contributed by atoms with Crippen molar-refractivity contribution in [2.45, 2.75) is 19.3 Å². The van der Waals surface area contributed by atoms with E-state index in [1.165, 1.54) is 19.3 Å². The molecule has 0 unspecified atom stereocenters. The Morgan fingerprint density at radius 2 is 1.79 bits per heavy atom. The third-order valence-electron chi connectivity index (χ3n) is 3.13. The van der Waals surface area contributed by atoms with E-state index in [0.717, 1.165) is 33.8 Å². The van der Waals surface area contributed by atoms with Crippen molar-refractivity contribution in [2.75, 3.05) is 18.5 Å². The summed E-state index contributed by atoms with van der Waals surface area (Å²) in [6.45, 7) is 2.16. The van der Waals surface area contributed by atoms with Gasteiger partial charge in [0.15, 0.2) is 0 Å². The highest BCUT2D eigenvalue weighted by Gasteiger charge is 2.12. The Morgan fingerprint density at radius 3 is 2.53 bits per heavy atom. The maximum Gasteiger partial charge on any atom is 0.220 e. The third-order valence-corrected chi connectivity index (χ3v) is 4.25. The van der Waals surface area contributed by atoms with Gasteiger partial charge in [-0.1, -0.05) is 41.5 Å². The van der Waals surface area contributed by atoms with Crippen molar-refractivity contribution < 1.29 is 0 Å².